The molecule has 0 fully saturated rings. The summed E-state index contributed by atoms with van der Waals surface area (Å²) in [6, 6.07) is 12.0. The Morgan fingerprint density at radius 3 is 0.947 bits per heavy atom. The maximum Gasteiger partial charge on any atom is 0.490 e. The van der Waals surface area contributed by atoms with Gasteiger partial charge in [0.15, 0.2) is 0 Å². The minimum Gasteiger partial charge on any atom is -0.302 e. The molecule has 0 saturated heterocycles. The zero-order valence-electron chi connectivity index (χ0n) is 9.08. The molecule has 13 heteroatoms. The first-order valence-corrected chi connectivity index (χ1v) is 8.83. The van der Waals surface area contributed by atoms with Crippen molar-refractivity contribution in [1.82, 2.24) is 0 Å². The highest BCUT2D eigenvalue weighted by Crippen LogP contribution is 2.64. The van der Waals surface area contributed by atoms with Crippen LogP contribution < -0.4 is 0 Å². The maximum atomic E-state index is 10.4. The lowest BCUT2D eigenvalue weighted by Crippen LogP contribution is -1.91. The summed E-state index contributed by atoms with van der Waals surface area (Å²) in [6.07, 6.45) is 0. The van der Waals surface area contributed by atoms with Crippen LogP contribution in [0.4, 0.5) is 0 Å². The van der Waals surface area contributed by atoms with Crippen LogP contribution in [0.25, 0.3) is 0 Å². The first-order valence-electron chi connectivity index (χ1n) is 4.28. The highest BCUT2D eigenvalue weighted by atomic mass is 31.3. The van der Waals surface area contributed by atoms with Crippen molar-refractivity contribution in [3.8, 4) is 0 Å². The molecule has 0 atom stereocenters. The molecule has 0 aliphatic heterocycles. The van der Waals surface area contributed by atoms with Gasteiger partial charge in [-0.05, 0) is 0 Å². The molecule has 0 amide bonds. The standard InChI is InChI=1S/C6H6.H5O10P3/c1-2-4-6-5-3-1;1-11(2,3)9-13(7,8)10-12(4,5)6/h1-6H;(H,7,8)(H2,1,2,3)(H2,4,5,6). The van der Waals surface area contributed by atoms with Gasteiger partial charge in [-0.25, -0.2) is 13.7 Å². The van der Waals surface area contributed by atoms with Crippen LogP contribution in [0.5, 0.6) is 0 Å². The van der Waals surface area contributed by atoms with E-state index in [4.69, 9.17) is 24.5 Å². The third-order valence-corrected chi connectivity index (χ3v) is 4.44. The Morgan fingerprint density at radius 1 is 0.579 bits per heavy atom. The molecule has 0 aliphatic rings. The lowest BCUT2D eigenvalue weighted by Gasteiger charge is -2.11. The van der Waals surface area contributed by atoms with Gasteiger partial charge in [0.25, 0.3) is 0 Å². The Bertz CT molecular complexity index is 449. The Balaban J connectivity index is 0.000000443. The van der Waals surface area contributed by atoms with E-state index in [2.05, 4.69) is 8.62 Å². The van der Waals surface area contributed by atoms with Crippen molar-refractivity contribution in [1.29, 1.82) is 0 Å². The first kappa shape index (κ1) is 18.6. The van der Waals surface area contributed by atoms with E-state index in [-0.39, 0.29) is 0 Å². The molecule has 5 N–H and O–H groups in total. The molecule has 10 nitrogen and oxygen atoms in total. The number of rotatable bonds is 4. The molecule has 0 radical (unpaired) electrons. The second-order valence-electron chi connectivity index (χ2n) is 2.77. The average Bonchev–Trinajstić information content (AvgIpc) is 2.13. The van der Waals surface area contributed by atoms with Gasteiger partial charge in [0.05, 0.1) is 0 Å². The van der Waals surface area contributed by atoms with Gasteiger partial charge in [0.2, 0.25) is 0 Å². The fourth-order valence-electron chi connectivity index (χ4n) is 0.669. The molecule has 0 unspecified atom stereocenters. The summed E-state index contributed by atoms with van der Waals surface area (Å²) in [7, 11) is -16.2. The van der Waals surface area contributed by atoms with Gasteiger partial charge in [-0.3, -0.25) is 0 Å². The molecule has 0 spiro atoms. The van der Waals surface area contributed by atoms with Crippen LogP contribution in [0.1, 0.15) is 0 Å². The van der Waals surface area contributed by atoms with Gasteiger partial charge >= 0.3 is 23.5 Å². The molecule has 0 aliphatic carbocycles. The highest BCUT2D eigenvalue weighted by Gasteiger charge is 2.38. The fourth-order valence-corrected chi connectivity index (χ4v) is 3.21. The van der Waals surface area contributed by atoms with E-state index in [0.29, 0.717) is 0 Å². The van der Waals surface area contributed by atoms with E-state index >= 15 is 0 Å². The molecule has 1 aromatic carbocycles. The molecule has 110 valence electrons. The molecule has 0 bridgehead atoms. The monoisotopic (exact) mass is 336 g/mol. The molecule has 1 aromatic rings. The molecule has 0 heterocycles. The maximum absolute atomic E-state index is 10.4. The van der Waals surface area contributed by atoms with Crippen molar-refractivity contribution in [2.45, 2.75) is 0 Å². The SMILES string of the molecule is O=P(O)(O)OP(=O)(O)OP(=O)(O)O.c1ccccc1. The zero-order chi connectivity index (χ0) is 15.2. The molecule has 0 saturated carbocycles. The van der Waals surface area contributed by atoms with Gasteiger partial charge in [0.1, 0.15) is 0 Å². The molecule has 0 aromatic heterocycles. The van der Waals surface area contributed by atoms with E-state index in [9.17, 15) is 13.7 Å². The predicted molar refractivity (Wildman–Crippen MR) is 62.5 cm³/mol. The van der Waals surface area contributed by atoms with E-state index in [1.165, 1.54) is 0 Å². The minimum absolute atomic E-state index is 2.00. The summed E-state index contributed by atoms with van der Waals surface area (Å²) in [5.74, 6) is 0. The smallest absolute Gasteiger partial charge is 0.302 e. The van der Waals surface area contributed by atoms with Crippen molar-refractivity contribution in [2.75, 3.05) is 0 Å². The Labute approximate surface area is 107 Å². The van der Waals surface area contributed by atoms with E-state index in [1.54, 1.807) is 0 Å². The Hall–Kier alpha value is -0.370. The molecular formula is C6H11O10P3. The fraction of sp³-hybridized carbons (Fsp3) is 0. The normalized spacial score (nSPS) is 12.5. The number of hydrogen-bond acceptors (Lipinski definition) is 5. The van der Waals surface area contributed by atoms with E-state index in [0.717, 1.165) is 0 Å². The topological polar surface area (TPSA) is 171 Å². The van der Waals surface area contributed by atoms with Crippen molar-refractivity contribution >= 4 is 23.5 Å². The van der Waals surface area contributed by atoms with Crippen LogP contribution in [0.15, 0.2) is 36.4 Å². The van der Waals surface area contributed by atoms with Crippen LogP contribution in [0, 0.1) is 0 Å². The Kier molecular flexibility index (Phi) is 7.28. The summed E-state index contributed by atoms with van der Waals surface area (Å²) in [5.41, 5.74) is 0. The van der Waals surface area contributed by atoms with Gasteiger partial charge < -0.3 is 24.5 Å². The molecular weight excluding hydrogens is 325 g/mol. The van der Waals surface area contributed by atoms with Crippen LogP contribution in [0.3, 0.4) is 0 Å². The van der Waals surface area contributed by atoms with Crippen molar-refractivity contribution in [3.63, 3.8) is 0 Å². The second kappa shape index (κ2) is 7.42. The summed E-state index contributed by atoms with van der Waals surface area (Å²) in [6.45, 7) is 0. The second-order valence-corrected chi connectivity index (χ2v) is 6.97. The quantitative estimate of drug-likeness (QED) is 0.499. The van der Waals surface area contributed by atoms with Crippen LogP contribution >= 0.6 is 23.5 Å². The third kappa shape index (κ3) is 13.9. The lowest BCUT2D eigenvalue weighted by molar-refractivity contribution is 0.204. The van der Waals surface area contributed by atoms with Gasteiger partial charge in [-0.15, -0.1) is 0 Å². The summed E-state index contributed by atoms with van der Waals surface area (Å²) >= 11 is 0. The highest BCUT2D eigenvalue weighted by molar-refractivity contribution is 7.66. The van der Waals surface area contributed by atoms with Crippen LogP contribution in [-0.4, -0.2) is 24.5 Å². The zero-order valence-corrected chi connectivity index (χ0v) is 11.8. The van der Waals surface area contributed by atoms with Crippen LogP contribution in [0.2, 0.25) is 0 Å². The lowest BCUT2D eigenvalue weighted by atomic mass is 10.4. The predicted octanol–water partition coefficient (Wildman–Crippen LogP) is 0.992. The van der Waals surface area contributed by atoms with Gasteiger partial charge in [0, 0.05) is 0 Å². The number of phosphoric acid groups is 3. The molecule has 1 rings (SSSR count). The van der Waals surface area contributed by atoms with Crippen molar-refractivity contribution in [3.05, 3.63) is 36.4 Å². The largest absolute Gasteiger partial charge is 0.490 e. The minimum atomic E-state index is -5.46. The average molecular weight is 336 g/mol. The first-order chi connectivity index (χ1) is 8.41. The van der Waals surface area contributed by atoms with Crippen LogP contribution in [-0.2, 0) is 22.3 Å². The summed E-state index contributed by atoms with van der Waals surface area (Å²) in [5, 5.41) is 0. The van der Waals surface area contributed by atoms with E-state index < -0.39 is 23.5 Å². The Morgan fingerprint density at radius 2 is 0.789 bits per heavy atom. The summed E-state index contributed by atoms with van der Waals surface area (Å²) in [4.78, 5) is 40.2. The third-order valence-electron chi connectivity index (χ3n) is 1.09. The van der Waals surface area contributed by atoms with Crippen molar-refractivity contribution in [2.24, 2.45) is 0 Å². The molecule has 19 heavy (non-hydrogen) atoms. The van der Waals surface area contributed by atoms with Gasteiger partial charge in [-0.2, -0.15) is 8.62 Å². The van der Waals surface area contributed by atoms with Gasteiger partial charge in [-0.1, -0.05) is 36.4 Å². The van der Waals surface area contributed by atoms with E-state index in [1.807, 2.05) is 36.4 Å². The van der Waals surface area contributed by atoms with Crippen molar-refractivity contribution < 1.29 is 46.8 Å². The number of hydrogen-bond donors (Lipinski definition) is 5. The summed E-state index contributed by atoms with van der Waals surface area (Å²) < 4.78 is 36.4. The number of benzene rings is 1.